The molecule has 0 atom stereocenters. The fourth-order valence-corrected chi connectivity index (χ4v) is 5.38. The predicted molar refractivity (Wildman–Crippen MR) is 146 cm³/mol. The quantitative estimate of drug-likeness (QED) is 0.522. The third-order valence-corrected chi connectivity index (χ3v) is 7.64. The van der Waals surface area contributed by atoms with Crippen LogP contribution in [0.5, 0.6) is 0 Å². The number of nitrogen functional groups attached to an aromatic ring is 1. The molecule has 39 heavy (non-hydrogen) atoms. The number of fused-ring (bicyclic) bond motifs is 1. The molecule has 0 unspecified atom stereocenters. The molecular weight excluding hydrogens is 501 g/mol. The summed E-state index contributed by atoms with van der Waals surface area (Å²) in [5, 5.41) is 0. The maximum Gasteiger partial charge on any atom is 0.254 e. The number of carbonyl (C=O) groups is 1. The van der Waals surface area contributed by atoms with Crippen LogP contribution in [0.15, 0.2) is 30.6 Å². The van der Waals surface area contributed by atoms with E-state index in [2.05, 4.69) is 26.7 Å². The molecule has 2 aromatic heterocycles. The maximum absolute atomic E-state index is 15.4. The minimum atomic E-state index is -0.404. The number of nitrogens with zero attached hydrogens (tertiary/aromatic N) is 8. The Morgan fingerprint density at radius 1 is 1.03 bits per heavy atom. The standard InChI is InChI=1S/C27H32FN9O2/c1-2-34-7-9-35(10-8-34)25(38)18-3-4-21(28)22(15-18)37-6-5-20-23(19-16-30-26(29)31-17-19)32-27(33-24(20)37)36-11-13-39-14-12-36/h3-4,15-17H,2,5-14H2,1H3,(H2,29,30,31). The second-order valence-electron chi connectivity index (χ2n) is 9.90. The SMILES string of the molecule is CCN1CCN(C(=O)c2ccc(F)c(N3CCc4c(-c5cnc(N)nc5)nc(N5CCOCC5)nc43)c2)CC1. The van der Waals surface area contributed by atoms with Gasteiger partial charge >= 0.3 is 0 Å². The third-order valence-electron chi connectivity index (χ3n) is 7.64. The summed E-state index contributed by atoms with van der Waals surface area (Å²) in [7, 11) is 0. The van der Waals surface area contributed by atoms with E-state index >= 15 is 4.39 Å². The highest BCUT2D eigenvalue weighted by Crippen LogP contribution is 2.40. The number of rotatable bonds is 5. The number of piperazine rings is 1. The minimum absolute atomic E-state index is 0.0807. The molecule has 1 aromatic carbocycles. The number of nitrogens with two attached hydrogens (primary N) is 1. The van der Waals surface area contributed by atoms with E-state index < -0.39 is 5.82 Å². The summed E-state index contributed by atoms with van der Waals surface area (Å²) < 4.78 is 20.9. The molecule has 0 bridgehead atoms. The van der Waals surface area contributed by atoms with Crippen LogP contribution in [0.1, 0.15) is 22.8 Å². The Kier molecular flexibility index (Phi) is 6.96. The van der Waals surface area contributed by atoms with Crippen LogP contribution >= 0.6 is 0 Å². The number of halogens is 1. The lowest BCUT2D eigenvalue weighted by Crippen LogP contribution is -2.48. The molecule has 12 heteroatoms. The first-order valence-electron chi connectivity index (χ1n) is 13.4. The highest BCUT2D eigenvalue weighted by Gasteiger charge is 2.31. The maximum atomic E-state index is 15.4. The lowest BCUT2D eigenvalue weighted by Gasteiger charge is -2.34. The van der Waals surface area contributed by atoms with Crippen LogP contribution in [0, 0.1) is 5.82 Å². The molecule has 0 aliphatic carbocycles. The number of hydrogen-bond acceptors (Lipinski definition) is 10. The molecule has 2 saturated heterocycles. The Hall–Kier alpha value is -3.90. The van der Waals surface area contributed by atoms with E-state index in [-0.39, 0.29) is 11.9 Å². The van der Waals surface area contributed by atoms with Crippen molar-refractivity contribution in [2.75, 3.05) is 81.1 Å². The molecule has 5 heterocycles. The number of hydrogen-bond donors (Lipinski definition) is 1. The second kappa shape index (κ2) is 10.7. The topological polar surface area (TPSA) is 117 Å². The second-order valence-corrected chi connectivity index (χ2v) is 9.90. The molecule has 204 valence electrons. The zero-order chi connectivity index (χ0) is 26.9. The van der Waals surface area contributed by atoms with E-state index in [9.17, 15) is 4.79 Å². The fourth-order valence-electron chi connectivity index (χ4n) is 5.38. The average molecular weight is 534 g/mol. The van der Waals surface area contributed by atoms with Gasteiger partial charge in [0.2, 0.25) is 11.9 Å². The molecule has 1 amide bonds. The van der Waals surface area contributed by atoms with Crippen LogP contribution in [-0.2, 0) is 11.2 Å². The van der Waals surface area contributed by atoms with Crippen LogP contribution in [-0.4, -0.2) is 101 Å². The van der Waals surface area contributed by atoms with Gasteiger partial charge in [0.1, 0.15) is 11.6 Å². The number of anilines is 4. The zero-order valence-corrected chi connectivity index (χ0v) is 22.0. The van der Waals surface area contributed by atoms with Crippen molar-refractivity contribution in [3.05, 3.63) is 47.5 Å². The molecule has 0 saturated carbocycles. The van der Waals surface area contributed by atoms with Gasteiger partial charge in [-0.25, -0.2) is 19.3 Å². The molecule has 3 aliphatic heterocycles. The van der Waals surface area contributed by atoms with Crippen LogP contribution in [0.4, 0.5) is 27.8 Å². The molecule has 0 radical (unpaired) electrons. The van der Waals surface area contributed by atoms with Crippen molar-refractivity contribution >= 4 is 29.3 Å². The molecule has 3 aromatic rings. The summed E-state index contributed by atoms with van der Waals surface area (Å²) in [6.07, 6.45) is 3.90. The predicted octanol–water partition coefficient (Wildman–Crippen LogP) is 1.96. The van der Waals surface area contributed by atoms with Gasteiger partial charge in [-0.15, -0.1) is 0 Å². The summed E-state index contributed by atoms with van der Waals surface area (Å²) in [5.41, 5.74) is 8.83. The van der Waals surface area contributed by atoms with Gasteiger partial charge < -0.3 is 30.1 Å². The van der Waals surface area contributed by atoms with Crippen molar-refractivity contribution in [3.8, 4) is 11.3 Å². The van der Waals surface area contributed by atoms with Crippen molar-refractivity contribution in [2.24, 2.45) is 0 Å². The highest BCUT2D eigenvalue weighted by molar-refractivity contribution is 5.95. The van der Waals surface area contributed by atoms with Gasteiger partial charge in [0.25, 0.3) is 5.91 Å². The van der Waals surface area contributed by atoms with Crippen LogP contribution < -0.4 is 15.5 Å². The smallest absolute Gasteiger partial charge is 0.254 e. The summed E-state index contributed by atoms with van der Waals surface area (Å²) >= 11 is 0. The van der Waals surface area contributed by atoms with E-state index in [1.165, 1.54) is 6.07 Å². The van der Waals surface area contributed by atoms with Crippen molar-refractivity contribution in [1.82, 2.24) is 29.7 Å². The first-order valence-corrected chi connectivity index (χ1v) is 13.4. The van der Waals surface area contributed by atoms with Crippen molar-refractivity contribution in [1.29, 1.82) is 0 Å². The number of morpholine rings is 1. The summed E-state index contributed by atoms with van der Waals surface area (Å²) in [5.74, 6) is 0.858. The van der Waals surface area contributed by atoms with Gasteiger partial charge in [0.15, 0.2) is 0 Å². The van der Waals surface area contributed by atoms with E-state index in [0.717, 1.165) is 30.8 Å². The Labute approximate surface area is 226 Å². The summed E-state index contributed by atoms with van der Waals surface area (Å²) in [4.78, 5) is 39.5. The van der Waals surface area contributed by atoms with E-state index in [1.54, 1.807) is 24.5 Å². The van der Waals surface area contributed by atoms with Gasteiger partial charge in [-0.05, 0) is 31.2 Å². The number of ether oxygens (including phenoxy) is 1. The first kappa shape index (κ1) is 25.4. The fraction of sp³-hybridized carbons (Fsp3) is 0.444. The molecule has 2 N–H and O–H groups in total. The van der Waals surface area contributed by atoms with Crippen molar-refractivity contribution < 1.29 is 13.9 Å². The molecule has 0 spiro atoms. The van der Waals surface area contributed by atoms with Gasteiger partial charge in [-0.1, -0.05) is 6.92 Å². The minimum Gasteiger partial charge on any atom is -0.378 e. The highest BCUT2D eigenvalue weighted by atomic mass is 19.1. The third kappa shape index (κ3) is 4.97. The van der Waals surface area contributed by atoms with E-state index in [0.29, 0.717) is 81.1 Å². The van der Waals surface area contributed by atoms with Crippen LogP contribution in [0.3, 0.4) is 0 Å². The largest absolute Gasteiger partial charge is 0.378 e. The van der Waals surface area contributed by atoms with Gasteiger partial charge in [-0.2, -0.15) is 4.98 Å². The monoisotopic (exact) mass is 533 g/mol. The van der Waals surface area contributed by atoms with Crippen LogP contribution in [0.25, 0.3) is 11.3 Å². The van der Waals surface area contributed by atoms with E-state index in [4.69, 9.17) is 20.4 Å². The lowest BCUT2D eigenvalue weighted by atomic mass is 10.1. The molecule has 2 fully saturated rings. The van der Waals surface area contributed by atoms with Crippen LogP contribution in [0.2, 0.25) is 0 Å². The van der Waals surface area contributed by atoms with Crippen molar-refractivity contribution in [3.63, 3.8) is 0 Å². The Morgan fingerprint density at radius 2 is 1.77 bits per heavy atom. The van der Waals surface area contributed by atoms with Crippen molar-refractivity contribution in [2.45, 2.75) is 13.3 Å². The van der Waals surface area contributed by atoms with Gasteiger partial charge in [0, 0.05) is 74.9 Å². The number of aromatic nitrogens is 4. The summed E-state index contributed by atoms with van der Waals surface area (Å²) in [6, 6.07) is 4.60. The van der Waals surface area contributed by atoms with Gasteiger partial charge in [-0.3, -0.25) is 4.79 Å². The Bertz CT molecular complexity index is 1360. The molecule has 3 aliphatic rings. The lowest BCUT2D eigenvalue weighted by molar-refractivity contribution is 0.0643. The molecular formula is C27H32FN9O2. The Morgan fingerprint density at radius 3 is 2.49 bits per heavy atom. The molecule has 6 rings (SSSR count). The number of benzene rings is 1. The molecule has 11 nitrogen and oxygen atoms in total. The van der Waals surface area contributed by atoms with Gasteiger partial charge in [0.05, 0.1) is 24.6 Å². The first-order chi connectivity index (χ1) is 19.0. The number of likely N-dealkylation sites (N-methyl/N-ethyl adjacent to an activating group) is 1. The number of carbonyl (C=O) groups excluding carboxylic acids is 1. The van der Waals surface area contributed by atoms with E-state index in [1.807, 2.05) is 9.80 Å². The zero-order valence-electron chi connectivity index (χ0n) is 22.0. The number of amides is 1. The Balaban J connectivity index is 1.37. The average Bonchev–Trinajstić information content (AvgIpc) is 3.41. The summed E-state index contributed by atoms with van der Waals surface area (Å²) in [6.45, 7) is 9.07. The normalized spacial score (nSPS) is 17.9.